The molecule has 1 unspecified atom stereocenters. The zero-order chi connectivity index (χ0) is 16.3. The van der Waals surface area contributed by atoms with E-state index in [2.05, 4.69) is 30.4 Å². The largest absolute Gasteiger partial charge is 0.385 e. The van der Waals surface area contributed by atoms with E-state index in [-0.39, 0.29) is 5.92 Å². The van der Waals surface area contributed by atoms with E-state index in [1.807, 2.05) is 12.1 Å². The Kier molecular flexibility index (Phi) is 5.98. The SMILES string of the molecule is C=CCC(O)c1nc(Sc2cc(Cl)cc(Cl)c2)c(C(C)C)[nH]1. The van der Waals surface area contributed by atoms with Crippen molar-refractivity contribution in [2.75, 3.05) is 0 Å². The summed E-state index contributed by atoms with van der Waals surface area (Å²) in [4.78, 5) is 8.66. The maximum atomic E-state index is 10.1. The highest BCUT2D eigenvalue weighted by Gasteiger charge is 2.18. The standard InChI is InChI=1S/C16H18Cl2N2OS/c1-4-5-13(21)15-19-14(9(2)3)16(20-15)22-12-7-10(17)6-11(18)8-12/h4,6-9,13,21H,1,5H2,2-3H3,(H,19,20). The first-order valence-electron chi connectivity index (χ1n) is 6.93. The highest BCUT2D eigenvalue weighted by molar-refractivity contribution is 7.99. The fraction of sp³-hybridized carbons (Fsp3) is 0.312. The summed E-state index contributed by atoms with van der Waals surface area (Å²) in [5.74, 6) is 0.813. The molecule has 118 valence electrons. The summed E-state index contributed by atoms with van der Waals surface area (Å²) in [6.45, 7) is 7.79. The highest BCUT2D eigenvalue weighted by Crippen LogP contribution is 2.36. The van der Waals surface area contributed by atoms with Gasteiger partial charge in [0, 0.05) is 14.9 Å². The molecule has 6 heteroatoms. The van der Waals surface area contributed by atoms with E-state index in [0.717, 1.165) is 15.6 Å². The summed E-state index contributed by atoms with van der Waals surface area (Å²) in [5.41, 5.74) is 0.985. The second-order valence-corrected chi connectivity index (χ2v) is 7.18. The highest BCUT2D eigenvalue weighted by atomic mass is 35.5. The van der Waals surface area contributed by atoms with Crippen molar-refractivity contribution in [3.63, 3.8) is 0 Å². The molecule has 1 aromatic heterocycles. The molecular weight excluding hydrogens is 339 g/mol. The Balaban J connectivity index is 2.34. The number of hydrogen-bond donors (Lipinski definition) is 2. The van der Waals surface area contributed by atoms with Crippen LogP contribution in [0.5, 0.6) is 0 Å². The van der Waals surface area contributed by atoms with Crippen molar-refractivity contribution in [3.05, 3.63) is 52.4 Å². The molecule has 0 fully saturated rings. The summed E-state index contributed by atoms with van der Waals surface area (Å²) in [6.07, 6.45) is 1.46. The normalized spacial score (nSPS) is 12.6. The van der Waals surface area contributed by atoms with Gasteiger partial charge in [-0.05, 0) is 30.5 Å². The molecule has 0 aliphatic carbocycles. The van der Waals surface area contributed by atoms with Crippen LogP contribution >= 0.6 is 35.0 Å². The minimum Gasteiger partial charge on any atom is -0.385 e. The van der Waals surface area contributed by atoms with Crippen molar-refractivity contribution in [2.45, 2.75) is 42.2 Å². The predicted octanol–water partition coefficient (Wildman–Crippen LogP) is 5.60. The Labute approximate surface area is 144 Å². The molecule has 0 saturated heterocycles. The molecule has 0 saturated carbocycles. The lowest BCUT2D eigenvalue weighted by molar-refractivity contribution is 0.172. The van der Waals surface area contributed by atoms with Crippen LogP contribution in [0.3, 0.4) is 0 Å². The molecule has 0 radical (unpaired) electrons. The van der Waals surface area contributed by atoms with Crippen LogP contribution in [0.25, 0.3) is 0 Å². The average Bonchev–Trinajstić information content (AvgIpc) is 2.82. The van der Waals surface area contributed by atoms with Gasteiger partial charge in [0.15, 0.2) is 0 Å². The van der Waals surface area contributed by atoms with Gasteiger partial charge in [-0.25, -0.2) is 4.98 Å². The van der Waals surface area contributed by atoms with E-state index >= 15 is 0 Å². The number of imidazole rings is 1. The molecule has 2 rings (SSSR count). The van der Waals surface area contributed by atoms with Crippen LogP contribution < -0.4 is 0 Å². The minimum absolute atomic E-state index is 0.259. The molecule has 2 N–H and O–H groups in total. The van der Waals surface area contributed by atoms with E-state index in [4.69, 9.17) is 23.2 Å². The van der Waals surface area contributed by atoms with Crippen LogP contribution in [0, 0.1) is 0 Å². The molecule has 2 aromatic rings. The lowest BCUT2D eigenvalue weighted by Crippen LogP contribution is -1.98. The van der Waals surface area contributed by atoms with Gasteiger partial charge < -0.3 is 10.1 Å². The quantitative estimate of drug-likeness (QED) is 0.662. The number of aromatic nitrogens is 2. The Morgan fingerprint density at radius 3 is 2.50 bits per heavy atom. The van der Waals surface area contributed by atoms with Crippen molar-refractivity contribution >= 4 is 35.0 Å². The maximum Gasteiger partial charge on any atom is 0.136 e. The van der Waals surface area contributed by atoms with Crippen LogP contribution in [0.4, 0.5) is 0 Å². The van der Waals surface area contributed by atoms with Gasteiger partial charge in [-0.3, -0.25) is 0 Å². The number of hydrogen-bond acceptors (Lipinski definition) is 3. The zero-order valence-electron chi connectivity index (χ0n) is 12.4. The Hall–Kier alpha value is -0.940. The van der Waals surface area contributed by atoms with Crippen molar-refractivity contribution in [1.82, 2.24) is 9.97 Å². The van der Waals surface area contributed by atoms with Gasteiger partial charge in [-0.1, -0.05) is 54.9 Å². The number of aliphatic hydroxyl groups is 1. The number of aliphatic hydroxyl groups excluding tert-OH is 1. The topological polar surface area (TPSA) is 48.9 Å². The smallest absolute Gasteiger partial charge is 0.136 e. The number of nitrogens with one attached hydrogen (secondary N) is 1. The van der Waals surface area contributed by atoms with Gasteiger partial charge in [0.2, 0.25) is 0 Å². The fourth-order valence-electron chi connectivity index (χ4n) is 1.98. The Morgan fingerprint density at radius 1 is 1.32 bits per heavy atom. The van der Waals surface area contributed by atoms with E-state index in [0.29, 0.717) is 22.3 Å². The van der Waals surface area contributed by atoms with Gasteiger partial charge in [0.25, 0.3) is 0 Å². The van der Waals surface area contributed by atoms with Crippen molar-refractivity contribution in [2.24, 2.45) is 0 Å². The molecule has 22 heavy (non-hydrogen) atoms. The minimum atomic E-state index is -0.674. The zero-order valence-corrected chi connectivity index (χ0v) is 14.8. The van der Waals surface area contributed by atoms with Gasteiger partial charge in [0.1, 0.15) is 17.0 Å². The molecule has 0 aliphatic rings. The predicted molar refractivity (Wildman–Crippen MR) is 93.0 cm³/mol. The lowest BCUT2D eigenvalue weighted by atomic mass is 10.1. The molecule has 0 amide bonds. The third-order valence-corrected chi connectivity index (χ3v) is 4.46. The molecule has 1 heterocycles. The third kappa shape index (κ3) is 4.29. The summed E-state index contributed by atoms with van der Waals surface area (Å²) in [5, 5.41) is 12.1. The van der Waals surface area contributed by atoms with Crippen molar-refractivity contribution in [1.29, 1.82) is 0 Å². The number of nitrogens with zero attached hydrogens (tertiary/aromatic N) is 1. The molecule has 1 aromatic carbocycles. The van der Waals surface area contributed by atoms with Crippen molar-refractivity contribution in [3.8, 4) is 0 Å². The molecule has 0 spiro atoms. The monoisotopic (exact) mass is 356 g/mol. The van der Waals surface area contributed by atoms with E-state index in [9.17, 15) is 5.11 Å². The first-order valence-corrected chi connectivity index (χ1v) is 8.50. The molecule has 0 aliphatic heterocycles. The molecular formula is C16H18Cl2N2OS. The molecule has 1 atom stereocenters. The van der Waals surface area contributed by atoms with Gasteiger partial charge in [-0.15, -0.1) is 6.58 Å². The Morgan fingerprint density at radius 2 is 1.95 bits per heavy atom. The number of benzene rings is 1. The first-order chi connectivity index (χ1) is 10.4. The third-order valence-electron chi connectivity index (χ3n) is 3.05. The number of rotatable bonds is 6. The van der Waals surface area contributed by atoms with Crippen LogP contribution in [0.15, 0.2) is 40.8 Å². The van der Waals surface area contributed by atoms with Gasteiger partial charge in [0.05, 0.1) is 5.69 Å². The summed E-state index contributed by atoms with van der Waals surface area (Å²) >= 11 is 13.6. The van der Waals surface area contributed by atoms with Crippen LogP contribution in [0.1, 0.15) is 43.8 Å². The fourth-order valence-corrected chi connectivity index (χ4v) is 3.78. The van der Waals surface area contributed by atoms with Crippen molar-refractivity contribution < 1.29 is 5.11 Å². The summed E-state index contributed by atoms with van der Waals surface area (Å²) < 4.78 is 0. The van der Waals surface area contributed by atoms with Crippen LogP contribution in [-0.4, -0.2) is 15.1 Å². The van der Waals surface area contributed by atoms with E-state index in [1.165, 1.54) is 11.8 Å². The lowest BCUT2D eigenvalue weighted by Gasteiger charge is -2.06. The number of halogens is 2. The van der Waals surface area contributed by atoms with Crippen LogP contribution in [0.2, 0.25) is 10.0 Å². The second kappa shape index (κ2) is 7.55. The molecule has 3 nitrogen and oxygen atoms in total. The summed E-state index contributed by atoms with van der Waals surface area (Å²) in [6, 6.07) is 5.38. The maximum absolute atomic E-state index is 10.1. The number of aromatic amines is 1. The van der Waals surface area contributed by atoms with Gasteiger partial charge >= 0.3 is 0 Å². The average molecular weight is 357 g/mol. The van der Waals surface area contributed by atoms with Gasteiger partial charge in [-0.2, -0.15) is 0 Å². The van der Waals surface area contributed by atoms with Crippen LogP contribution in [-0.2, 0) is 0 Å². The summed E-state index contributed by atoms with van der Waals surface area (Å²) in [7, 11) is 0. The molecule has 0 bridgehead atoms. The number of H-pyrrole nitrogens is 1. The van der Waals surface area contributed by atoms with E-state index in [1.54, 1.807) is 12.1 Å². The Bertz CT molecular complexity index is 650. The van der Waals surface area contributed by atoms with E-state index < -0.39 is 6.10 Å². The second-order valence-electron chi connectivity index (χ2n) is 5.24. The first kappa shape index (κ1) is 17.4.